The number of carbonyl (C=O) groups excluding carboxylic acids is 2. The quantitative estimate of drug-likeness (QED) is 0.406. The number of epoxide rings is 1. The molecule has 4 fully saturated rings. The van der Waals surface area contributed by atoms with Gasteiger partial charge in [0.05, 0.1) is 17.1 Å². The first-order valence-electron chi connectivity index (χ1n) is 13.1. The van der Waals surface area contributed by atoms with Crippen molar-refractivity contribution in [2.45, 2.75) is 114 Å². The molecule has 3 N–H and O–H groups in total. The van der Waals surface area contributed by atoms with E-state index >= 15 is 0 Å². The molecule has 3 saturated carbocycles. The average Bonchev–Trinajstić information content (AvgIpc) is 3.46. The Morgan fingerprint density at radius 1 is 1.09 bits per heavy atom. The van der Waals surface area contributed by atoms with Crippen molar-refractivity contribution < 1.29 is 34.4 Å². The van der Waals surface area contributed by atoms with Gasteiger partial charge in [-0.2, -0.15) is 0 Å². The molecule has 0 bridgehead atoms. The largest absolute Gasteiger partial charge is 0.455 e. The van der Waals surface area contributed by atoms with Crippen molar-refractivity contribution in [3.05, 3.63) is 23.3 Å². The van der Waals surface area contributed by atoms with Crippen LogP contribution in [0.15, 0.2) is 23.3 Å². The second-order valence-corrected chi connectivity index (χ2v) is 12.9. The molecule has 4 aliphatic carbocycles. The number of hydrogen-bond acceptors (Lipinski definition) is 7. The molecular formula is C28H38O7. The lowest BCUT2D eigenvalue weighted by Gasteiger charge is -2.63. The van der Waals surface area contributed by atoms with Crippen LogP contribution >= 0.6 is 0 Å². The standard InChI is InChI=1S/C28H38O7/c1-15-13-20(34-22(30)16(15)2)25(5,31)28(33)12-11-26(32)18-14-21-27(35-21)9-6-7-19(29)24(27,4)17(18)8-10-23(26,28)3/h6-7,17-18,20-21,31-33H,8-14H2,1-5H3. The van der Waals surface area contributed by atoms with Crippen LogP contribution in [-0.4, -0.2) is 61.7 Å². The molecule has 192 valence electrons. The molecular weight excluding hydrogens is 448 g/mol. The number of cyclic esters (lactones) is 1. The number of allylic oxidation sites excluding steroid dienone is 1. The second-order valence-electron chi connectivity index (χ2n) is 12.9. The Labute approximate surface area is 206 Å². The van der Waals surface area contributed by atoms with E-state index in [-0.39, 0.29) is 30.1 Å². The molecule has 2 heterocycles. The van der Waals surface area contributed by atoms with Gasteiger partial charge in [-0.1, -0.05) is 18.6 Å². The Morgan fingerprint density at radius 2 is 1.80 bits per heavy atom. The number of aliphatic hydroxyl groups is 3. The summed E-state index contributed by atoms with van der Waals surface area (Å²) in [7, 11) is 0. The summed E-state index contributed by atoms with van der Waals surface area (Å²) in [6, 6.07) is 0. The molecule has 2 aliphatic heterocycles. The molecule has 1 spiro atoms. The van der Waals surface area contributed by atoms with Crippen molar-refractivity contribution in [2.24, 2.45) is 22.7 Å². The molecule has 7 heteroatoms. The minimum Gasteiger partial charge on any atom is -0.455 e. The second kappa shape index (κ2) is 6.66. The monoisotopic (exact) mass is 486 g/mol. The molecule has 1 saturated heterocycles. The summed E-state index contributed by atoms with van der Waals surface area (Å²) in [6.07, 6.45) is 5.91. The molecule has 7 nitrogen and oxygen atoms in total. The highest BCUT2D eigenvalue weighted by Crippen LogP contribution is 2.75. The first-order chi connectivity index (χ1) is 16.2. The average molecular weight is 487 g/mol. The van der Waals surface area contributed by atoms with Crippen molar-refractivity contribution in [2.75, 3.05) is 0 Å². The lowest BCUT2D eigenvalue weighted by molar-refractivity contribution is -0.282. The van der Waals surface area contributed by atoms with E-state index in [4.69, 9.17) is 9.47 Å². The van der Waals surface area contributed by atoms with Crippen molar-refractivity contribution in [1.29, 1.82) is 0 Å². The first-order valence-corrected chi connectivity index (χ1v) is 13.1. The van der Waals surface area contributed by atoms with Crippen LogP contribution in [0.5, 0.6) is 0 Å². The van der Waals surface area contributed by atoms with Crippen LogP contribution in [0.4, 0.5) is 0 Å². The topological polar surface area (TPSA) is 117 Å². The molecule has 0 aromatic heterocycles. The van der Waals surface area contributed by atoms with E-state index in [1.54, 1.807) is 19.9 Å². The van der Waals surface area contributed by atoms with Gasteiger partial charge in [0.25, 0.3) is 0 Å². The van der Waals surface area contributed by atoms with Crippen molar-refractivity contribution in [3.63, 3.8) is 0 Å². The summed E-state index contributed by atoms with van der Waals surface area (Å²) < 4.78 is 11.9. The molecule has 0 radical (unpaired) electrons. The molecule has 6 rings (SSSR count). The zero-order valence-electron chi connectivity index (χ0n) is 21.4. The van der Waals surface area contributed by atoms with E-state index in [0.29, 0.717) is 37.7 Å². The van der Waals surface area contributed by atoms with Crippen molar-refractivity contribution >= 4 is 11.8 Å². The minimum atomic E-state index is -1.77. The summed E-state index contributed by atoms with van der Waals surface area (Å²) in [5.74, 6) is -0.703. The maximum absolute atomic E-state index is 13.3. The molecule has 10 unspecified atom stereocenters. The third kappa shape index (κ3) is 2.42. The molecule has 10 atom stereocenters. The maximum atomic E-state index is 13.3. The van der Waals surface area contributed by atoms with Gasteiger partial charge >= 0.3 is 5.97 Å². The van der Waals surface area contributed by atoms with E-state index in [2.05, 4.69) is 0 Å². The summed E-state index contributed by atoms with van der Waals surface area (Å²) >= 11 is 0. The number of carbonyl (C=O) groups is 2. The van der Waals surface area contributed by atoms with Crippen LogP contribution < -0.4 is 0 Å². The van der Waals surface area contributed by atoms with Gasteiger partial charge in [0.1, 0.15) is 22.9 Å². The summed E-state index contributed by atoms with van der Waals surface area (Å²) in [5.41, 5.74) is -5.56. The zero-order chi connectivity index (χ0) is 25.4. The molecule has 0 aromatic rings. The summed E-state index contributed by atoms with van der Waals surface area (Å²) in [6.45, 7) is 9.00. The predicted molar refractivity (Wildman–Crippen MR) is 126 cm³/mol. The highest BCUT2D eigenvalue weighted by molar-refractivity contribution is 5.97. The van der Waals surface area contributed by atoms with Gasteiger partial charge < -0.3 is 24.8 Å². The fraction of sp³-hybridized carbons (Fsp3) is 0.786. The molecule has 6 aliphatic rings. The fourth-order valence-corrected chi connectivity index (χ4v) is 9.34. The number of hydrogen-bond donors (Lipinski definition) is 3. The Kier molecular flexibility index (Phi) is 4.53. The van der Waals surface area contributed by atoms with Gasteiger partial charge in [0, 0.05) is 17.4 Å². The smallest absolute Gasteiger partial charge is 0.334 e. The van der Waals surface area contributed by atoms with Crippen molar-refractivity contribution in [1.82, 2.24) is 0 Å². The Morgan fingerprint density at radius 3 is 2.49 bits per heavy atom. The van der Waals surface area contributed by atoms with Crippen LogP contribution in [0.25, 0.3) is 0 Å². The van der Waals surface area contributed by atoms with Crippen LogP contribution in [0.3, 0.4) is 0 Å². The van der Waals surface area contributed by atoms with Crippen LogP contribution in [-0.2, 0) is 19.1 Å². The predicted octanol–water partition coefficient (Wildman–Crippen LogP) is 2.75. The van der Waals surface area contributed by atoms with Gasteiger partial charge in [-0.25, -0.2) is 4.79 Å². The Bertz CT molecular complexity index is 1090. The number of ketones is 1. The van der Waals surface area contributed by atoms with Gasteiger partial charge in [0.15, 0.2) is 5.78 Å². The third-order valence-electron chi connectivity index (χ3n) is 12.0. The van der Waals surface area contributed by atoms with Gasteiger partial charge in [-0.05, 0) is 84.1 Å². The lowest BCUT2D eigenvalue weighted by Crippen LogP contribution is -2.73. The molecule has 0 amide bonds. The fourth-order valence-electron chi connectivity index (χ4n) is 9.34. The summed E-state index contributed by atoms with van der Waals surface area (Å²) in [5, 5.41) is 36.7. The van der Waals surface area contributed by atoms with E-state index in [1.165, 1.54) is 0 Å². The first kappa shape index (κ1) is 23.8. The number of fused-ring (bicyclic) bond motifs is 4. The lowest BCUT2D eigenvalue weighted by atomic mass is 9.42. The number of esters is 1. The number of ether oxygens (including phenoxy) is 2. The highest BCUT2D eigenvalue weighted by Gasteiger charge is 2.82. The maximum Gasteiger partial charge on any atom is 0.334 e. The minimum absolute atomic E-state index is 0.0654. The van der Waals surface area contributed by atoms with Crippen LogP contribution in [0.2, 0.25) is 0 Å². The molecule has 0 aromatic carbocycles. The van der Waals surface area contributed by atoms with E-state index in [1.807, 2.05) is 26.8 Å². The Hall–Kier alpha value is -1.54. The Balaban J connectivity index is 1.39. The van der Waals surface area contributed by atoms with Crippen molar-refractivity contribution in [3.8, 4) is 0 Å². The summed E-state index contributed by atoms with van der Waals surface area (Å²) in [4.78, 5) is 25.8. The normalized spacial score (nSPS) is 54.3. The highest BCUT2D eigenvalue weighted by atomic mass is 16.6. The number of rotatable bonds is 2. The van der Waals surface area contributed by atoms with Crippen LogP contribution in [0, 0.1) is 22.7 Å². The zero-order valence-corrected chi connectivity index (χ0v) is 21.4. The van der Waals surface area contributed by atoms with Gasteiger partial charge in [-0.3, -0.25) is 4.79 Å². The van der Waals surface area contributed by atoms with Gasteiger partial charge in [0.2, 0.25) is 0 Å². The van der Waals surface area contributed by atoms with Gasteiger partial charge in [-0.15, -0.1) is 0 Å². The van der Waals surface area contributed by atoms with E-state index in [9.17, 15) is 24.9 Å². The van der Waals surface area contributed by atoms with E-state index < -0.39 is 45.3 Å². The van der Waals surface area contributed by atoms with Crippen LogP contribution in [0.1, 0.15) is 79.6 Å². The third-order valence-corrected chi connectivity index (χ3v) is 12.0. The van der Waals surface area contributed by atoms with E-state index in [0.717, 1.165) is 12.0 Å². The SMILES string of the molecule is CC1=C(C)C(=O)OC(C(C)(O)C2(O)CCC3(O)C4CC5OC56CC=CC(=O)C6(C)C4CCC32C)C1. The molecule has 35 heavy (non-hydrogen) atoms.